The second kappa shape index (κ2) is 3.69. The molecule has 2 nitrogen and oxygen atoms in total. The van der Waals surface area contributed by atoms with Gasteiger partial charge in [-0.25, -0.2) is 0 Å². The molecule has 2 aromatic rings. The third-order valence-electron chi connectivity index (χ3n) is 1.94. The van der Waals surface area contributed by atoms with Gasteiger partial charge in [-0.05, 0) is 41.1 Å². The van der Waals surface area contributed by atoms with Gasteiger partial charge in [-0.3, -0.25) is 0 Å². The van der Waals surface area contributed by atoms with E-state index in [4.69, 9.17) is 4.42 Å². The van der Waals surface area contributed by atoms with Gasteiger partial charge in [-0.2, -0.15) is 0 Å². The zero-order chi connectivity index (χ0) is 11.9. The average molecular weight is 295 g/mol. The van der Waals surface area contributed by atoms with Crippen LogP contribution in [0.4, 0.5) is 13.2 Å². The first-order valence-electron chi connectivity index (χ1n) is 4.31. The van der Waals surface area contributed by atoms with Crippen molar-refractivity contribution in [1.82, 2.24) is 0 Å². The fourth-order valence-electron chi connectivity index (χ4n) is 1.40. The first-order chi connectivity index (χ1) is 7.37. The van der Waals surface area contributed by atoms with E-state index in [1.54, 1.807) is 6.92 Å². The molecule has 0 saturated carbocycles. The first-order valence-corrected chi connectivity index (χ1v) is 5.10. The van der Waals surface area contributed by atoms with Crippen molar-refractivity contribution < 1.29 is 22.3 Å². The van der Waals surface area contributed by atoms with E-state index in [1.807, 2.05) is 0 Å². The molecular weight excluding hydrogens is 289 g/mol. The summed E-state index contributed by atoms with van der Waals surface area (Å²) in [6, 6.07) is 4.20. The number of furan rings is 1. The van der Waals surface area contributed by atoms with Gasteiger partial charge in [-0.15, -0.1) is 13.2 Å². The molecule has 1 aromatic carbocycles. The van der Waals surface area contributed by atoms with Crippen LogP contribution in [-0.4, -0.2) is 6.36 Å². The highest BCUT2D eigenvalue weighted by molar-refractivity contribution is 9.10. The van der Waals surface area contributed by atoms with Crippen LogP contribution in [0.1, 0.15) is 5.76 Å². The van der Waals surface area contributed by atoms with Gasteiger partial charge in [0.15, 0.2) is 5.58 Å². The number of benzene rings is 1. The molecule has 0 radical (unpaired) electrons. The Balaban J connectivity index is 2.58. The van der Waals surface area contributed by atoms with Crippen LogP contribution in [0.15, 0.2) is 27.1 Å². The van der Waals surface area contributed by atoms with E-state index < -0.39 is 6.36 Å². The van der Waals surface area contributed by atoms with E-state index in [-0.39, 0.29) is 5.75 Å². The van der Waals surface area contributed by atoms with Crippen molar-refractivity contribution in [2.45, 2.75) is 13.3 Å². The van der Waals surface area contributed by atoms with Crippen LogP contribution >= 0.6 is 15.9 Å². The zero-order valence-electron chi connectivity index (χ0n) is 8.06. The topological polar surface area (TPSA) is 22.4 Å². The fraction of sp³-hybridized carbons (Fsp3) is 0.200. The molecule has 0 atom stereocenters. The van der Waals surface area contributed by atoms with Crippen molar-refractivity contribution in [1.29, 1.82) is 0 Å². The molecule has 6 heteroatoms. The van der Waals surface area contributed by atoms with E-state index >= 15 is 0 Å². The Morgan fingerprint density at radius 3 is 2.62 bits per heavy atom. The number of rotatable bonds is 1. The van der Waals surface area contributed by atoms with Crippen LogP contribution in [-0.2, 0) is 0 Å². The van der Waals surface area contributed by atoms with Crippen LogP contribution < -0.4 is 4.74 Å². The number of halogens is 4. The lowest BCUT2D eigenvalue weighted by Crippen LogP contribution is -2.17. The molecule has 0 saturated heterocycles. The van der Waals surface area contributed by atoms with Gasteiger partial charge in [0.05, 0.1) is 9.86 Å². The molecule has 0 bridgehead atoms. The van der Waals surface area contributed by atoms with E-state index in [9.17, 15) is 13.2 Å². The molecule has 0 aliphatic rings. The Morgan fingerprint density at radius 1 is 1.31 bits per heavy atom. The third kappa shape index (κ3) is 2.16. The largest absolute Gasteiger partial charge is 0.573 e. The second-order valence-electron chi connectivity index (χ2n) is 3.19. The summed E-state index contributed by atoms with van der Waals surface area (Å²) in [5, 5.41) is 0.296. The molecule has 2 rings (SSSR count). The van der Waals surface area contributed by atoms with Crippen LogP contribution in [0.5, 0.6) is 5.75 Å². The normalized spacial score (nSPS) is 12.1. The Hall–Kier alpha value is -1.17. The standard InChI is InChI=1S/C10H6BrF3O2/c1-5-4-6-8(16-10(12,13)14)3-2-7(11)9(6)15-5/h2-4H,1H3. The third-order valence-corrected chi connectivity index (χ3v) is 2.57. The monoisotopic (exact) mass is 294 g/mol. The van der Waals surface area contributed by atoms with E-state index in [1.165, 1.54) is 18.2 Å². The van der Waals surface area contributed by atoms with Crippen LogP contribution in [0.2, 0.25) is 0 Å². The molecule has 0 amide bonds. The molecule has 1 heterocycles. The summed E-state index contributed by atoms with van der Waals surface area (Å²) >= 11 is 3.19. The SMILES string of the molecule is Cc1cc2c(OC(F)(F)F)ccc(Br)c2o1. The van der Waals surface area contributed by atoms with Crippen LogP contribution in [0, 0.1) is 6.92 Å². The molecule has 86 valence electrons. The number of fused-ring (bicyclic) bond motifs is 1. The van der Waals surface area contributed by atoms with E-state index in [2.05, 4.69) is 20.7 Å². The minimum absolute atomic E-state index is 0.262. The molecule has 0 unspecified atom stereocenters. The summed E-state index contributed by atoms with van der Waals surface area (Å²) in [6.45, 7) is 1.66. The smallest absolute Gasteiger partial charge is 0.460 e. The van der Waals surface area contributed by atoms with Gasteiger partial charge < -0.3 is 9.15 Å². The number of hydrogen-bond donors (Lipinski definition) is 0. The van der Waals surface area contributed by atoms with Crippen molar-refractivity contribution in [2.24, 2.45) is 0 Å². The summed E-state index contributed by atoms with van der Waals surface area (Å²) in [7, 11) is 0. The molecule has 0 spiro atoms. The quantitative estimate of drug-likeness (QED) is 0.778. The van der Waals surface area contributed by atoms with Gasteiger partial charge in [0.25, 0.3) is 0 Å². The number of alkyl halides is 3. The molecule has 0 aliphatic heterocycles. The number of aryl methyl sites for hydroxylation is 1. The van der Waals surface area contributed by atoms with Crippen LogP contribution in [0.3, 0.4) is 0 Å². The van der Waals surface area contributed by atoms with Gasteiger partial charge in [0.2, 0.25) is 0 Å². The Bertz CT molecular complexity index is 531. The van der Waals surface area contributed by atoms with Crippen molar-refractivity contribution in [3.05, 3.63) is 28.4 Å². The molecule has 0 N–H and O–H groups in total. The highest BCUT2D eigenvalue weighted by Gasteiger charge is 2.32. The van der Waals surface area contributed by atoms with E-state index in [0.29, 0.717) is 21.2 Å². The Morgan fingerprint density at radius 2 is 2.00 bits per heavy atom. The Kier molecular flexibility index (Phi) is 2.61. The predicted molar refractivity (Wildman–Crippen MR) is 55.3 cm³/mol. The fourth-order valence-corrected chi connectivity index (χ4v) is 1.83. The van der Waals surface area contributed by atoms with Crippen molar-refractivity contribution in [2.75, 3.05) is 0 Å². The second-order valence-corrected chi connectivity index (χ2v) is 4.05. The summed E-state index contributed by atoms with van der Waals surface area (Å²) in [6.07, 6.45) is -4.70. The van der Waals surface area contributed by atoms with Gasteiger partial charge in [0, 0.05) is 0 Å². The lowest BCUT2D eigenvalue weighted by molar-refractivity contribution is -0.274. The average Bonchev–Trinajstić information content (AvgIpc) is 2.51. The summed E-state index contributed by atoms with van der Waals surface area (Å²) in [5.74, 6) is 0.261. The van der Waals surface area contributed by atoms with Gasteiger partial charge >= 0.3 is 6.36 Å². The minimum atomic E-state index is -4.70. The van der Waals surface area contributed by atoms with E-state index in [0.717, 1.165) is 0 Å². The maximum absolute atomic E-state index is 12.1. The lowest BCUT2D eigenvalue weighted by Gasteiger charge is -2.09. The molecule has 1 aromatic heterocycles. The van der Waals surface area contributed by atoms with Gasteiger partial charge in [-0.1, -0.05) is 0 Å². The number of ether oxygens (including phenoxy) is 1. The predicted octanol–water partition coefficient (Wildman–Crippen LogP) is 4.40. The Labute approximate surface area is 97.1 Å². The highest BCUT2D eigenvalue weighted by Crippen LogP contribution is 2.36. The molecule has 0 aliphatic carbocycles. The number of hydrogen-bond acceptors (Lipinski definition) is 2. The minimum Gasteiger partial charge on any atom is -0.460 e. The molecule has 0 fully saturated rings. The maximum atomic E-state index is 12.1. The van der Waals surface area contributed by atoms with Crippen LogP contribution in [0.25, 0.3) is 11.0 Å². The summed E-state index contributed by atoms with van der Waals surface area (Å²) in [5.41, 5.74) is 0.347. The summed E-state index contributed by atoms with van der Waals surface area (Å²) in [4.78, 5) is 0. The van der Waals surface area contributed by atoms with Crippen molar-refractivity contribution >= 4 is 26.9 Å². The summed E-state index contributed by atoms with van der Waals surface area (Å²) < 4.78 is 46.1. The lowest BCUT2D eigenvalue weighted by atomic mass is 10.2. The van der Waals surface area contributed by atoms with Crippen molar-refractivity contribution in [3.8, 4) is 5.75 Å². The maximum Gasteiger partial charge on any atom is 0.573 e. The molecule has 16 heavy (non-hydrogen) atoms. The molecular formula is C10H6BrF3O2. The highest BCUT2D eigenvalue weighted by atomic mass is 79.9. The van der Waals surface area contributed by atoms with Crippen molar-refractivity contribution in [3.63, 3.8) is 0 Å². The van der Waals surface area contributed by atoms with Gasteiger partial charge in [0.1, 0.15) is 11.5 Å². The zero-order valence-corrected chi connectivity index (χ0v) is 9.65. The first kappa shape index (κ1) is 11.3.